The summed E-state index contributed by atoms with van der Waals surface area (Å²) in [4.78, 5) is 0.800. The molecule has 0 aliphatic rings. The maximum Gasteiger partial charge on any atom is 0.243 e. The zero-order valence-corrected chi connectivity index (χ0v) is 38.7. The molecule has 0 bridgehead atoms. The van der Waals surface area contributed by atoms with Crippen molar-refractivity contribution in [1.29, 1.82) is 0 Å². The molecule has 0 radical (unpaired) electrons. The van der Waals surface area contributed by atoms with Crippen molar-refractivity contribution >= 4 is 51.9 Å². The highest BCUT2D eigenvalue weighted by Gasteiger charge is 2.25. The maximum absolute atomic E-state index is 13.6. The number of sulfonamides is 2. The first-order valence-corrected chi connectivity index (χ1v) is 26.5. The summed E-state index contributed by atoms with van der Waals surface area (Å²) >= 11 is 7.01. The molecule has 0 saturated carbocycles. The van der Waals surface area contributed by atoms with Crippen LogP contribution in [-0.4, -0.2) is 62.3 Å². The van der Waals surface area contributed by atoms with Crippen molar-refractivity contribution in [2.45, 2.75) is 178 Å². The van der Waals surface area contributed by atoms with E-state index in [0.717, 1.165) is 98.8 Å². The lowest BCUT2D eigenvalue weighted by molar-refractivity contribution is 0.379. The molecule has 0 saturated heterocycles. The zero-order chi connectivity index (χ0) is 39.3. The van der Waals surface area contributed by atoms with Crippen molar-refractivity contribution in [1.82, 2.24) is 8.61 Å². The number of alkyl halides is 2. The molecule has 0 atom stereocenters. The summed E-state index contributed by atoms with van der Waals surface area (Å²) in [6.45, 7) is 6.30. The van der Waals surface area contributed by atoms with Gasteiger partial charge in [0.05, 0.1) is 9.79 Å². The summed E-state index contributed by atoms with van der Waals surface area (Å²) in [6, 6.07) is 14.5. The molecule has 2 aromatic rings. The average molecular weight is 919 g/mol. The van der Waals surface area contributed by atoms with Gasteiger partial charge in [-0.1, -0.05) is 183 Å². The summed E-state index contributed by atoms with van der Waals surface area (Å²) in [7, 11) is -7.01. The fourth-order valence-corrected chi connectivity index (χ4v) is 10.8. The summed E-state index contributed by atoms with van der Waals surface area (Å²) in [5.74, 6) is 0. The maximum atomic E-state index is 13.6. The first kappa shape index (κ1) is 49.4. The highest BCUT2D eigenvalue weighted by atomic mass is 79.9. The number of hydrogen-bond acceptors (Lipinski definition) is 4. The molecule has 0 aliphatic heterocycles. The van der Waals surface area contributed by atoms with E-state index in [-0.39, 0.29) is 0 Å². The Bertz CT molecular complexity index is 1310. The molecule has 2 rings (SSSR count). The van der Waals surface area contributed by atoms with Gasteiger partial charge in [0.25, 0.3) is 0 Å². The Balaban J connectivity index is 1.74. The van der Waals surface area contributed by atoms with Crippen LogP contribution in [-0.2, 0) is 20.0 Å². The summed E-state index contributed by atoms with van der Waals surface area (Å²) in [5, 5.41) is 2.17. The Kier molecular flexibility index (Phi) is 27.7. The van der Waals surface area contributed by atoms with Crippen molar-refractivity contribution in [3.05, 3.63) is 59.7 Å². The molecule has 0 heterocycles. The minimum Gasteiger partial charge on any atom is -0.207 e. The highest BCUT2D eigenvalue weighted by molar-refractivity contribution is 9.09. The van der Waals surface area contributed by atoms with Crippen LogP contribution >= 0.6 is 31.9 Å². The van der Waals surface area contributed by atoms with E-state index >= 15 is 0 Å². The van der Waals surface area contributed by atoms with E-state index in [2.05, 4.69) is 31.9 Å². The number of unbranched alkanes of at least 4 members (excludes halogenated alkanes) is 21. The first-order chi connectivity index (χ1) is 26.1. The van der Waals surface area contributed by atoms with E-state index in [0.29, 0.717) is 36.0 Å². The molecule has 2 aromatic carbocycles. The SMILES string of the molecule is Cc1ccc(S(=O)(=O)N(CCCCCCCCCCBr)CCCCCCCCCCN(CCCCCCCCCCBr)S(=O)(=O)c2ccc(C)cc2)cc1. The Labute approximate surface area is 349 Å². The van der Waals surface area contributed by atoms with Gasteiger partial charge >= 0.3 is 0 Å². The third-order valence-electron chi connectivity index (χ3n) is 10.5. The van der Waals surface area contributed by atoms with Gasteiger partial charge < -0.3 is 0 Å². The molecule has 0 spiro atoms. The van der Waals surface area contributed by atoms with Crippen LogP contribution in [0, 0.1) is 13.8 Å². The smallest absolute Gasteiger partial charge is 0.207 e. The van der Waals surface area contributed by atoms with Crippen LogP contribution in [0.4, 0.5) is 0 Å². The van der Waals surface area contributed by atoms with Crippen molar-refractivity contribution in [3.8, 4) is 0 Å². The molecule has 10 heteroatoms. The molecule has 0 aliphatic carbocycles. The van der Waals surface area contributed by atoms with Gasteiger partial charge in [-0.05, 0) is 76.6 Å². The number of aryl methyl sites for hydroxylation is 2. The van der Waals surface area contributed by atoms with Gasteiger partial charge in [-0.15, -0.1) is 0 Å². The summed E-state index contributed by atoms with van der Waals surface area (Å²) in [6.07, 6.45) is 27.2. The molecule has 6 nitrogen and oxygen atoms in total. The zero-order valence-electron chi connectivity index (χ0n) is 33.9. The number of benzene rings is 2. The van der Waals surface area contributed by atoms with Crippen LogP contribution in [0.3, 0.4) is 0 Å². The summed E-state index contributed by atoms with van der Waals surface area (Å²) < 4.78 is 57.9. The standard InChI is InChI=1S/C44H74Br2N2O4S2/c1-41-27-31-43(32-28-41)53(49,50)47(37-23-17-11-5-3-9-15-21-35-45)39-25-19-13-7-8-14-20-26-40-48(38-24-18-12-6-4-10-16-22-36-46)54(51,52)44-33-29-42(2)30-34-44/h27-34H,3-26,35-40H2,1-2H3. The molecule has 0 unspecified atom stereocenters. The van der Waals surface area contributed by atoms with E-state index in [9.17, 15) is 16.8 Å². The minimum atomic E-state index is -3.50. The molecular formula is C44H74Br2N2O4S2. The van der Waals surface area contributed by atoms with Crippen LogP contribution in [0.25, 0.3) is 0 Å². The van der Waals surface area contributed by atoms with Crippen LogP contribution in [0.15, 0.2) is 58.3 Å². The molecule has 54 heavy (non-hydrogen) atoms. The lowest BCUT2D eigenvalue weighted by Gasteiger charge is -2.22. The predicted molar refractivity (Wildman–Crippen MR) is 238 cm³/mol. The van der Waals surface area contributed by atoms with Gasteiger partial charge in [0.1, 0.15) is 0 Å². The van der Waals surface area contributed by atoms with Gasteiger partial charge in [-0.3, -0.25) is 0 Å². The van der Waals surface area contributed by atoms with E-state index in [1.165, 1.54) is 77.0 Å². The second kappa shape index (κ2) is 30.3. The van der Waals surface area contributed by atoms with Crippen molar-refractivity contribution in [2.24, 2.45) is 0 Å². The van der Waals surface area contributed by atoms with Gasteiger partial charge in [-0.25, -0.2) is 16.8 Å². The van der Waals surface area contributed by atoms with Crippen molar-refractivity contribution < 1.29 is 16.8 Å². The molecule has 0 amide bonds. The second-order valence-corrected chi connectivity index (χ2v) is 20.8. The molecular weight excluding hydrogens is 844 g/mol. The second-order valence-electron chi connectivity index (χ2n) is 15.3. The summed E-state index contributed by atoms with van der Waals surface area (Å²) in [5.41, 5.74) is 2.13. The van der Waals surface area contributed by atoms with Gasteiger partial charge in [-0.2, -0.15) is 8.61 Å². The van der Waals surface area contributed by atoms with Gasteiger partial charge in [0.2, 0.25) is 20.0 Å². The van der Waals surface area contributed by atoms with E-state index in [1.807, 2.05) is 38.1 Å². The largest absolute Gasteiger partial charge is 0.243 e. The Morgan fingerprint density at radius 3 is 0.778 bits per heavy atom. The molecule has 0 N–H and O–H groups in total. The van der Waals surface area contributed by atoms with Crippen molar-refractivity contribution in [3.63, 3.8) is 0 Å². The van der Waals surface area contributed by atoms with Crippen LogP contribution < -0.4 is 0 Å². The Morgan fingerprint density at radius 2 is 0.556 bits per heavy atom. The average Bonchev–Trinajstić information content (AvgIpc) is 3.15. The quantitative estimate of drug-likeness (QED) is 0.0510. The first-order valence-electron chi connectivity index (χ1n) is 21.4. The van der Waals surface area contributed by atoms with Crippen LogP contribution in [0.1, 0.15) is 165 Å². The number of hydrogen-bond donors (Lipinski definition) is 0. The number of halogens is 2. The molecule has 310 valence electrons. The molecule has 0 aromatic heterocycles. The Hall–Kier alpha value is -0.780. The van der Waals surface area contributed by atoms with Gasteiger partial charge in [0, 0.05) is 36.8 Å². The fraction of sp³-hybridized carbons (Fsp3) is 0.727. The monoisotopic (exact) mass is 916 g/mol. The third kappa shape index (κ3) is 21.1. The fourth-order valence-electron chi connectivity index (χ4n) is 6.95. The lowest BCUT2D eigenvalue weighted by atomic mass is 10.1. The number of nitrogens with zero attached hydrogens (tertiary/aromatic N) is 2. The topological polar surface area (TPSA) is 74.8 Å². The minimum absolute atomic E-state index is 0.400. The van der Waals surface area contributed by atoms with E-state index in [4.69, 9.17) is 0 Å². The van der Waals surface area contributed by atoms with E-state index < -0.39 is 20.0 Å². The predicted octanol–water partition coefficient (Wildman–Crippen LogP) is 13.1. The van der Waals surface area contributed by atoms with Crippen molar-refractivity contribution in [2.75, 3.05) is 36.8 Å². The number of rotatable bonds is 35. The molecule has 0 fully saturated rings. The highest BCUT2D eigenvalue weighted by Crippen LogP contribution is 2.22. The Morgan fingerprint density at radius 1 is 0.352 bits per heavy atom. The lowest BCUT2D eigenvalue weighted by Crippen LogP contribution is -2.33. The normalized spacial score (nSPS) is 12.3. The van der Waals surface area contributed by atoms with Gasteiger partial charge in [0.15, 0.2) is 0 Å². The van der Waals surface area contributed by atoms with Crippen LogP contribution in [0.5, 0.6) is 0 Å². The third-order valence-corrected chi connectivity index (χ3v) is 15.4. The van der Waals surface area contributed by atoms with E-state index in [1.54, 1.807) is 32.9 Å². The van der Waals surface area contributed by atoms with Crippen LogP contribution in [0.2, 0.25) is 0 Å².